The fourth-order valence-electron chi connectivity index (χ4n) is 3.48. The third-order valence-corrected chi connectivity index (χ3v) is 5.95. The summed E-state index contributed by atoms with van der Waals surface area (Å²) in [4.78, 5) is 15.7. The van der Waals surface area contributed by atoms with Gasteiger partial charge in [0.05, 0.1) is 4.88 Å². The molecule has 1 unspecified atom stereocenters. The summed E-state index contributed by atoms with van der Waals surface area (Å²) in [6, 6.07) is 10.1. The van der Waals surface area contributed by atoms with E-state index in [1.807, 2.05) is 46.8 Å². The Morgan fingerprint density at radius 3 is 2.96 bits per heavy atom. The van der Waals surface area contributed by atoms with Crippen LogP contribution in [-0.2, 0) is 13.7 Å². The van der Waals surface area contributed by atoms with Crippen LogP contribution in [0.5, 0.6) is 0 Å². The number of nitrogens with zero attached hydrogens (tertiary/aromatic N) is 4. The number of aliphatic hydroxyl groups is 1. The Bertz CT molecular complexity index is 884. The maximum absolute atomic E-state index is 12.9. The second-order valence-corrected chi connectivity index (χ2v) is 7.51. The lowest BCUT2D eigenvalue weighted by atomic mass is 9.97. The smallest absolute Gasteiger partial charge is 0.263 e. The molecule has 0 spiro atoms. The number of aromatic nitrogens is 3. The van der Waals surface area contributed by atoms with Gasteiger partial charge in [0.2, 0.25) is 0 Å². The van der Waals surface area contributed by atoms with Gasteiger partial charge in [0.25, 0.3) is 5.91 Å². The van der Waals surface area contributed by atoms with Gasteiger partial charge >= 0.3 is 0 Å². The van der Waals surface area contributed by atoms with Crippen molar-refractivity contribution in [2.24, 2.45) is 7.05 Å². The van der Waals surface area contributed by atoms with Gasteiger partial charge in [-0.15, -0.1) is 21.5 Å². The summed E-state index contributed by atoms with van der Waals surface area (Å²) in [5.74, 6) is 1.65. The van der Waals surface area contributed by atoms with Gasteiger partial charge in [-0.1, -0.05) is 18.2 Å². The normalized spacial score (nSPS) is 18.0. The van der Waals surface area contributed by atoms with Gasteiger partial charge in [0, 0.05) is 30.8 Å². The van der Waals surface area contributed by atoms with E-state index < -0.39 is 0 Å². The highest BCUT2D eigenvalue weighted by Gasteiger charge is 2.29. The van der Waals surface area contributed by atoms with E-state index in [4.69, 9.17) is 0 Å². The summed E-state index contributed by atoms with van der Waals surface area (Å²) >= 11 is 1.55. The highest BCUT2D eigenvalue weighted by atomic mass is 32.1. The van der Waals surface area contributed by atoms with E-state index in [9.17, 15) is 9.90 Å². The standard InChI is InChI=1S/C18H20N4O2S/c1-21-16(11-23)19-20-17(21)13-6-4-8-22(10-13)18(24)15-9-12-5-2-3-7-14(12)25-15/h2-3,5,7,9,13,23H,4,6,8,10-11H2,1H3. The summed E-state index contributed by atoms with van der Waals surface area (Å²) < 4.78 is 2.98. The number of fused-ring (bicyclic) bond motifs is 1. The zero-order valence-electron chi connectivity index (χ0n) is 14.1. The molecule has 6 nitrogen and oxygen atoms in total. The number of piperidine rings is 1. The number of carbonyl (C=O) groups excluding carboxylic acids is 1. The number of rotatable bonds is 3. The zero-order valence-corrected chi connectivity index (χ0v) is 14.9. The highest BCUT2D eigenvalue weighted by Crippen LogP contribution is 2.30. The molecule has 7 heteroatoms. The van der Waals surface area contributed by atoms with Crippen molar-refractivity contribution in [3.05, 3.63) is 46.9 Å². The molecule has 1 aliphatic rings. The topological polar surface area (TPSA) is 71.2 Å². The van der Waals surface area contributed by atoms with Crippen molar-refractivity contribution in [1.29, 1.82) is 0 Å². The quantitative estimate of drug-likeness (QED) is 0.783. The predicted octanol–water partition coefficient (Wildman–Crippen LogP) is 2.54. The molecule has 1 N–H and O–H groups in total. The number of thiophene rings is 1. The van der Waals surface area contributed by atoms with Gasteiger partial charge in [-0.3, -0.25) is 4.79 Å². The van der Waals surface area contributed by atoms with Crippen molar-refractivity contribution in [3.63, 3.8) is 0 Å². The van der Waals surface area contributed by atoms with Crippen molar-refractivity contribution >= 4 is 27.3 Å². The molecule has 0 aliphatic carbocycles. The molecule has 1 atom stereocenters. The summed E-state index contributed by atoms with van der Waals surface area (Å²) in [6.07, 6.45) is 1.93. The summed E-state index contributed by atoms with van der Waals surface area (Å²) in [5, 5.41) is 18.7. The molecule has 1 aliphatic heterocycles. The van der Waals surface area contributed by atoms with Gasteiger partial charge in [0.15, 0.2) is 5.82 Å². The molecule has 2 aromatic heterocycles. The fourth-order valence-corrected chi connectivity index (χ4v) is 4.51. The Morgan fingerprint density at radius 1 is 1.36 bits per heavy atom. The van der Waals surface area contributed by atoms with Crippen molar-refractivity contribution in [3.8, 4) is 0 Å². The molecule has 1 aromatic carbocycles. The molecule has 1 amide bonds. The van der Waals surface area contributed by atoms with E-state index >= 15 is 0 Å². The fraction of sp³-hybridized carbons (Fsp3) is 0.389. The van der Waals surface area contributed by atoms with Gasteiger partial charge in [-0.25, -0.2) is 0 Å². The van der Waals surface area contributed by atoms with E-state index in [0.717, 1.165) is 40.2 Å². The zero-order chi connectivity index (χ0) is 17.4. The van der Waals surface area contributed by atoms with Crippen molar-refractivity contribution in [2.45, 2.75) is 25.4 Å². The first kappa shape index (κ1) is 16.2. The van der Waals surface area contributed by atoms with Crippen LogP contribution in [0.25, 0.3) is 10.1 Å². The first-order valence-corrected chi connectivity index (χ1v) is 9.26. The van der Waals surface area contributed by atoms with Crippen LogP contribution in [0.4, 0.5) is 0 Å². The van der Waals surface area contributed by atoms with E-state index in [1.54, 1.807) is 11.3 Å². The number of benzene rings is 1. The second kappa shape index (κ2) is 6.57. The number of likely N-dealkylation sites (tertiary alicyclic amines) is 1. The minimum Gasteiger partial charge on any atom is -0.388 e. The van der Waals surface area contributed by atoms with Gasteiger partial charge in [-0.2, -0.15) is 0 Å². The molecule has 1 saturated heterocycles. The molecule has 4 rings (SSSR count). The number of hydrogen-bond acceptors (Lipinski definition) is 5. The van der Waals surface area contributed by atoms with Gasteiger partial charge in [0.1, 0.15) is 12.4 Å². The van der Waals surface area contributed by atoms with E-state index in [0.29, 0.717) is 12.4 Å². The van der Waals surface area contributed by atoms with Crippen LogP contribution in [0.2, 0.25) is 0 Å². The predicted molar refractivity (Wildman–Crippen MR) is 96.6 cm³/mol. The Kier molecular flexibility index (Phi) is 4.27. The van der Waals surface area contributed by atoms with Crippen LogP contribution in [0.15, 0.2) is 30.3 Å². The number of amides is 1. The molecule has 0 radical (unpaired) electrons. The average Bonchev–Trinajstić information content (AvgIpc) is 3.24. The number of carbonyl (C=O) groups is 1. The maximum atomic E-state index is 12.9. The minimum absolute atomic E-state index is 0.0930. The third kappa shape index (κ3) is 2.94. The highest BCUT2D eigenvalue weighted by molar-refractivity contribution is 7.20. The third-order valence-electron chi connectivity index (χ3n) is 4.85. The van der Waals surface area contributed by atoms with Crippen LogP contribution in [0.3, 0.4) is 0 Å². The molecule has 3 aromatic rings. The summed E-state index contributed by atoms with van der Waals surface area (Å²) in [5.41, 5.74) is 0. The average molecular weight is 356 g/mol. The van der Waals surface area contributed by atoms with Crippen LogP contribution >= 0.6 is 11.3 Å². The SMILES string of the molecule is Cn1c(CO)nnc1C1CCCN(C(=O)c2cc3ccccc3s2)C1. The first-order valence-electron chi connectivity index (χ1n) is 8.44. The van der Waals surface area contributed by atoms with Crippen molar-refractivity contribution in [1.82, 2.24) is 19.7 Å². The monoisotopic (exact) mass is 356 g/mol. The first-order chi connectivity index (χ1) is 12.2. The van der Waals surface area contributed by atoms with Gasteiger partial charge < -0.3 is 14.6 Å². The van der Waals surface area contributed by atoms with Gasteiger partial charge in [-0.05, 0) is 30.4 Å². The Balaban J connectivity index is 1.56. The van der Waals surface area contributed by atoms with E-state index in [1.165, 1.54) is 0 Å². The number of hydrogen-bond donors (Lipinski definition) is 1. The lowest BCUT2D eigenvalue weighted by molar-refractivity contribution is 0.0708. The van der Waals surface area contributed by atoms with E-state index in [-0.39, 0.29) is 18.4 Å². The van der Waals surface area contributed by atoms with Crippen LogP contribution in [-0.4, -0.2) is 43.8 Å². The van der Waals surface area contributed by atoms with Crippen LogP contribution in [0, 0.1) is 0 Å². The Hall–Kier alpha value is -2.25. The molecule has 3 heterocycles. The molecule has 130 valence electrons. The lowest BCUT2D eigenvalue weighted by Crippen LogP contribution is -2.39. The molecule has 1 fully saturated rings. The molecule has 0 saturated carbocycles. The molecule has 25 heavy (non-hydrogen) atoms. The largest absolute Gasteiger partial charge is 0.388 e. The maximum Gasteiger partial charge on any atom is 0.263 e. The summed E-state index contributed by atoms with van der Waals surface area (Å²) in [6.45, 7) is 1.29. The lowest BCUT2D eigenvalue weighted by Gasteiger charge is -2.32. The van der Waals surface area contributed by atoms with Crippen molar-refractivity contribution in [2.75, 3.05) is 13.1 Å². The number of aliphatic hydroxyl groups excluding tert-OH is 1. The molecule has 0 bridgehead atoms. The minimum atomic E-state index is -0.124. The Labute approximate surface area is 149 Å². The Morgan fingerprint density at radius 2 is 2.20 bits per heavy atom. The summed E-state index contributed by atoms with van der Waals surface area (Å²) in [7, 11) is 1.87. The molecular formula is C18H20N4O2S. The van der Waals surface area contributed by atoms with Crippen LogP contribution in [0.1, 0.15) is 40.1 Å². The second-order valence-electron chi connectivity index (χ2n) is 6.43. The van der Waals surface area contributed by atoms with Crippen molar-refractivity contribution < 1.29 is 9.90 Å². The van der Waals surface area contributed by atoms with Crippen LogP contribution < -0.4 is 0 Å². The molecular weight excluding hydrogens is 336 g/mol. The van der Waals surface area contributed by atoms with E-state index in [2.05, 4.69) is 10.2 Å².